The first kappa shape index (κ1) is 13.2. The standard InChI is InChI=1S/C14H17FN2/c1-5-8-17(14(2,3)4)13-7-6-11(10-16)9-12(13)15/h5-7,9H,1,8H2,2-4H3. The summed E-state index contributed by atoms with van der Waals surface area (Å²) in [5.41, 5.74) is 0.624. The van der Waals surface area contributed by atoms with Crippen LogP contribution in [0.15, 0.2) is 30.9 Å². The maximum absolute atomic E-state index is 13.9. The number of benzene rings is 1. The molecule has 1 rings (SSSR count). The Kier molecular flexibility index (Phi) is 3.90. The molecule has 0 spiro atoms. The first-order valence-electron chi connectivity index (χ1n) is 5.48. The fraction of sp³-hybridized carbons (Fsp3) is 0.357. The van der Waals surface area contributed by atoms with Crippen LogP contribution >= 0.6 is 0 Å². The van der Waals surface area contributed by atoms with Gasteiger partial charge in [0, 0.05) is 12.1 Å². The first-order valence-corrected chi connectivity index (χ1v) is 5.48. The van der Waals surface area contributed by atoms with Gasteiger partial charge >= 0.3 is 0 Å². The number of nitriles is 1. The van der Waals surface area contributed by atoms with Crippen molar-refractivity contribution in [2.45, 2.75) is 26.3 Å². The van der Waals surface area contributed by atoms with E-state index in [2.05, 4.69) is 6.58 Å². The topological polar surface area (TPSA) is 27.0 Å². The van der Waals surface area contributed by atoms with Crippen molar-refractivity contribution in [3.8, 4) is 6.07 Å². The molecule has 2 nitrogen and oxygen atoms in total. The van der Waals surface area contributed by atoms with E-state index in [-0.39, 0.29) is 11.4 Å². The van der Waals surface area contributed by atoms with E-state index in [0.717, 1.165) is 0 Å². The fourth-order valence-electron chi connectivity index (χ4n) is 1.66. The van der Waals surface area contributed by atoms with E-state index in [1.54, 1.807) is 18.2 Å². The highest BCUT2D eigenvalue weighted by Gasteiger charge is 2.23. The van der Waals surface area contributed by atoms with Gasteiger partial charge in [-0.05, 0) is 39.0 Å². The van der Waals surface area contributed by atoms with Gasteiger partial charge < -0.3 is 4.90 Å². The summed E-state index contributed by atoms with van der Waals surface area (Å²) >= 11 is 0. The molecule has 0 aliphatic carbocycles. The monoisotopic (exact) mass is 232 g/mol. The van der Waals surface area contributed by atoms with Gasteiger partial charge in [-0.1, -0.05) is 6.08 Å². The summed E-state index contributed by atoms with van der Waals surface area (Å²) in [6, 6.07) is 6.45. The van der Waals surface area contributed by atoms with Crippen LogP contribution in [0.5, 0.6) is 0 Å². The Morgan fingerprint density at radius 2 is 2.12 bits per heavy atom. The van der Waals surface area contributed by atoms with Gasteiger partial charge in [-0.2, -0.15) is 5.26 Å². The number of hydrogen-bond donors (Lipinski definition) is 0. The molecule has 0 atom stereocenters. The average Bonchev–Trinajstić information content (AvgIpc) is 2.25. The maximum atomic E-state index is 13.9. The Morgan fingerprint density at radius 1 is 1.47 bits per heavy atom. The summed E-state index contributed by atoms with van der Waals surface area (Å²) < 4.78 is 13.9. The van der Waals surface area contributed by atoms with Gasteiger partial charge in [0.25, 0.3) is 0 Å². The lowest BCUT2D eigenvalue weighted by Gasteiger charge is -2.37. The highest BCUT2D eigenvalue weighted by atomic mass is 19.1. The Balaban J connectivity index is 3.20. The number of anilines is 1. The van der Waals surface area contributed by atoms with E-state index in [4.69, 9.17) is 5.26 Å². The van der Waals surface area contributed by atoms with Crippen molar-refractivity contribution < 1.29 is 4.39 Å². The highest BCUT2D eigenvalue weighted by molar-refractivity contribution is 5.53. The van der Waals surface area contributed by atoms with Gasteiger partial charge in [0.05, 0.1) is 17.3 Å². The minimum Gasteiger partial charge on any atom is -0.361 e. The zero-order chi connectivity index (χ0) is 13.1. The zero-order valence-corrected chi connectivity index (χ0v) is 10.5. The van der Waals surface area contributed by atoms with Crippen LogP contribution in [0.4, 0.5) is 10.1 Å². The molecule has 1 aromatic rings. The summed E-state index contributed by atoms with van der Waals surface area (Å²) in [6.45, 7) is 10.3. The molecule has 0 unspecified atom stereocenters. The molecule has 0 aliphatic rings. The molecule has 0 aliphatic heterocycles. The van der Waals surface area contributed by atoms with Gasteiger partial charge in [-0.25, -0.2) is 4.39 Å². The molecule has 1 aromatic carbocycles. The van der Waals surface area contributed by atoms with Crippen molar-refractivity contribution in [1.82, 2.24) is 0 Å². The van der Waals surface area contributed by atoms with Crippen LogP contribution in [0, 0.1) is 17.1 Å². The van der Waals surface area contributed by atoms with Gasteiger partial charge in [0.2, 0.25) is 0 Å². The van der Waals surface area contributed by atoms with E-state index >= 15 is 0 Å². The van der Waals surface area contributed by atoms with Gasteiger partial charge in [0.15, 0.2) is 0 Å². The fourth-order valence-corrected chi connectivity index (χ4v) is 1.66. The lowest BCUT2D eigenvalue weighted by molar-refractivity contribution is 0.507. The quantitative estimate of drug-likeness (QED) is 0.746. The van der Waals surface area contributed by atoms with Gasteiger partial charge in [-0.3, -0.25) is 0 Å². The second-order valence-corrected chi connectivity index (χ2v) is 4.85. The maximum Gasteiger partial charge on any atom is 0.147 e. The van der Waals surface area contributed by atoms with Crippen molar-refractivity contribution in [3.63, 3.8) is 0 Å². The molecule has 0 aromatic heterocycles. The third kappa shape index (κ3) is 3.07. The van der Waals surface area contributed by atoms with Crippen molar-refractivity contribution in [3.05, 3.63) is 42.2 Å². The largest absolute Gasteiger partial charge is 0.361 e. The lowest BCUT2D eigenvalue weighted by atomic mass is 10.0. The second kappa shape index (κ2) is 5.01. The molecule has 0 fully saturated rings. The molecule has 0 radical (unpaired) electrons. The number of hydrogen-bond acceptors (Lipinski definition) is 2. The average molecular weight is 232 g/mol. The predicted octanol–water partition coefficient (Wildman–Crippen LogP) is 3.49. The third-order valence-corrected chi connectivity index (χ3v) is 2.49. The Morgan fingerprint density at radius 3 is 2.53 bits per heavy atom. The molecule has 0 bridgehead atoms. The smallest absolute Gasteiger partial charge is 0.147 e. The van der Waals surface area contributed by atoms with Gasteiger partial charge in [0.1, 0.15) is 5.82 Å². The summed E-state index contributed by atoms with van der Waals surface area (Å²) in [5.74, 6) is -0.374. The molecular formula is C14H17FN2. The van der Waals surface area contributed by atoms with E-state index in [0.29, 0.717) is 17.8 Å². The van der Waals surface area contributed by atoms with Crippen LogP contribution in [0.25, 0.3) is 0 Å². The number of rotatable bonds is 3. The Bertz CT molecular complexity index is 452. The Hall–Kier alpha value is -1.82. The summed E-state index contributed by atoms with van der Waals surface area (Å²) in [7, 11) is 0. The van der Waals surface area contributed by atoms with Crippen LogP contribution in [0.1, 0.15) is 26.3 Å². The highest BCUT2D eigenvalue weighted by Crippen LogP contribution is 2.27. The van der Waals surface area contributed by atoms with E-state index in [1.807, 2.05) is 31.7 Å². The summed E-state index contributed by atoms with van der Waals surface area (Å²) in [4.78, 5) is 1.91. The number of halogens is 1. The summed E-state index contributed by atoms with van der Waals surface area (Å²) in [5, 5.41) is 8.71. The molecule has 0 saturated carbocycles. The normalized spacial score (nSPS) is 10.8. The Labute approximate surface area is 102 Å². The van der Waals surface area contributed by atoms with Crippen LogP contribution < -0.4 is 4.90 Å². The predicted molar refractivity (Wildman–Crippen MR) is 68.4 cm³/mol. The number of nitrogens with zero attached hydrogens (tertiary/aromatic N) is 2. The van der Waals surface area contributed by atoms with Gasteiger partial charge in [-0.15, -0.1) is 6.58 Å². The van der Waals surface area contributed by atoms with E-state index in [9.17, 15) is 4.39 Å². The molecule has 3 heteroatoms. The SMILES string of the molecule is C=CCN(c1ccc(C#N)cc1F)C(C)(C)C. The molecule has 0 saturated heterocycles. The molecule has 90 valence electrons. The van der Waals surface area contributed by atoms with Crippen molar-refractivity contribution in [2.24, 2.45) is 0 Å². The van der Waals surface area contributed by atoms with Crippen molar-refractivity contribution in [2.75, 3.05) is 11.4 Å². The van der Waals surface area contributed by atoms with Crippen LogP contribution in [-0.2, 0) is 0 Å². The van der Waals surface area contributed by atoms with Crippen molar-refractivity contribution in [1.29, 1.82) is 5.26 Å². The second-order valence-electron chi connectivity index (χ2n) is 4.85. The zero-order valence-electron chi connectivity index (χ0n) is 10.5. The molecule has 0 heterocycles. The summed E-state index contributed by atoms with van der Waals surface area (Å²) in [6.07, 6.45) is 1.74. The van der Waals surface area contributed by atoms with Crippen LogP contribution in [0.3, 0.4) is 0 Å². The van der Waals surface area contributed by atoms with Crippen LogP contribution in [-0.4, -0.2) is 12.1 Å². The molecule has 0 amide bonds. The third-order valence-electron chi connectivity index (χ3n) is 2.49. The van der Waals surface area contributed by atoms with Crippen molar-refractivity contribution >= 4 is 5.69 Å². The first-order chi connectivity index (χ1) is 7.90. The van der Waals surface area contributed by atoms with E-state index < -0.39 is 0 Å². The molecular weight excluding hydrogens is 215 g/mol. The minimum atomic E-state index is -0.374. The minimum absolute atomic E-state index is 0.205. The molecule has 17 heavy (non-hydrogen) atoms. The molecule has 0 N–H and O–H groups in total. The van der Waals surface area contributed by atoms with Crippen LogP contribution in [0.2, 0.25) is 0 Å². The van der Waals surface area contributed by atoms with E-state index in [1.165, 1.54) is 6.07 Å². The lowest BCUT2D eigenvalue weighted by Crippen LogP contribution is -2.42.